The van der Waals surface area contributed by atoms with Crippen molar-refractivity contribution >= 4 is 22.8 Å². The minimum atomic E-state index is -1.04. The first-order chi connectivity index (χ1) is 12.7. The first-order valence-corrected chi connectivity index (χ1v) is 9.17. The third kappa shape index (κ3) is 4.84. The second-order valence-electron chi connectivity index (χ2n) is 7.73. The van der Waals surface area contributed by atoms with Crippen molar-refractivity contribution in [1.29, 1.82) is 0 Å². The van der Waals surface area contributed by atoms with E-state index in [1.165, 1.54) is 11.8 Å². The summed E-state index contributed by atoms with van der Waals surface area (Å²) >= 11 is 0. The summed E-state index contributed by atoms with van der Waals surface area (Å²) in [5, 5.41) is 7.69. The second-order valence-corrected chi connectivity index (χ2v) is 7.73. The number of nitrogens with zero attached hydrogens (tertiary/aromatic N) is 2. The van der Waals surface area contributed by atoms with Crippen molar-refractivity contribution in [1.82, 2.24) is 15.1 Å². The number of para-hydroxylation sites is 1. The van der Waals surface area contributed by atoms with Crippen LogP contribution in [-0.4, -0.2) is 41.0 Å². The summed E-state index contributed by atoms with van der Waals surface area (Å²) in [6, 6.07) is 6.37. The Balaban J connectivity index is 2.37. The van der Waals surface area contributed by atoms with Crippen molar-refractivity contribution in [3.8, 4) is 0 Å². The number of amides is 1. The first-order valence-electron chi connectivity index (χ1n) is 9.17. The SMILES string of the molecule is CCCC(F)Cn1nc(C(=O)N[C@H](C(=O)OC)C(C)(C)C)c2ccccc21. The third-order valence-corrected chi connectivity index (χ3v) is 4.42. The standard InChI is InChI=1S/C20H28FN3O3/c1-6-9-13(21)12-24-15-11-8-7-10-14(15)16(23-24)18(25)22-17(19(26)27-5)20(2,3)4/h7-8,10-11,13,17H,6,9,12H2,1-5H3,(H,22,25)/t13?,17-/m1/s1. The van der Waals surface area contributed by atoms with E-state index in [-0.39, 0.29) is 12.2 Å². The predicted molar refractivity (Wildman–Crippen MR) is 102 cm³/mol. The number of nitrogens with one attached hydrogen (secondary N) is 1. The molecule has 2 aromatic rings. The molecule has 1 unspecified atom stereocenters. The van der Waals surface area contributed by atoms with Crippen LogP contribution in [0.15, 0.2) is 24.3 Å². The monoisotopic (exact) mass is 377 g/mol. The Morgan fingerprint density at radius 2 is 1.96 bits per heavy atom. The van der Waals surface area contributed by atoms with Crippen molar-refractivity contribution in [2.24, 2.45) is 5.41 Å². The van der Waals surface area contributed by atoms with Gasteiger partial charge in [-0.3, -0.25) is 9.48 Å². The molecule has 0 radical (unpaired) electrons. The summed E-state index contributed by atoms with van der Waals surface area (Å²) in [5.74, 6) is -1.01. The van der Waals surface area contributed by atoms with Crippen molar-refractivity contribution in [2.45, 2.75) is 59.3 Å². The summed E-state index contributed by atoms with van der Waals surface area (Å²) in [6.45, 7) is 7.52. The van der Waals surface area contributed by atoms with E-state index in [0.29, 0.717) is 17.3 Å². The molecule has 7 heteroatoms. The lowest BCUT2D eigenvalue weighted by atomic mass is 9.86. The first kappa shape index (κ1) is 20.9. The van der Waals surface area contributed by atoms with Gasteiger partial charge in [-0.15, -0.1) is 0 Å². The van der Waals surface area contributed by atoms with Gasteiger partial charge in [0, 0.05) is 5.39 Å². The summed E-state index contributed by atoms with van der Waals surface area (Å²) in [4.78, 5) is 25.0. The lowest BCUT2D eigenvalue weighted by Crippen LogP contribution is -2.49. The van der Waals surface area contributed by atoms with Crippen LogP contribution in [0.25, 0.3) is 10.9 Å². The average Bonchev–Trinajstić information content (AvgIpc) is 2.97. The molecule has 0 saturated carbocycles. The number of ether oxygens (including phenoxy) is 1. The van der Waals surface area contributed by atoms with Crippen LogP contribution in [0.5, 0.6) is 0 Å². The number of esters is 1. The van der Waals surface area contributed by atoms with Crippen LogP contribution >= 0.6 is 0 Å². The zero-order valence-corrected chi connectivity index (χ0v) is 16.6. The molecule has 0 saturated heterocycles. The average molecular weight is 377 g/mol. The zero-order chi connectivity index (χ0) is 20.2. The maximum Gasteiger partial charge on any atom is 0.328 e. The Morgan fingerprint density at radius 3 is 2.56 bits per heavy atom. The summed E-state index contributed by atoms with van der Waals surface area (Å²) in [5.41, 5.74) is 0.325. The van der Waals surface area contributed by atoms with Gasteiger partial charge in [-0.1, -0.05) is 52.3 Å². The fourth-order valence-electron chi connectivity index (χ4n) is 2.97. The Hall–Kier alpha value is -2.44. The van der Waals surface area contributed by atoms with Gasteiger partial charge >= 0.3 is 5.97 Å². The van der Waals surface area contributed by atoms with Gasteiger partial charge in [-0.25, -0.2) is 9.18 Å². The molecule has 1 aromatic carbocycles. The van der Waals surface area contributed by atoms with Crippen LogP contribution in [0, 0.1) is 5.41 Å². The molecule has 0 aliphatic heterocycles. The van der Waals surface area contributed by atoms with E-state index in [1.807, 2.05) is 33.8 Å². The molecule has 6 nitrogen and oxygen atoms in total. The maximum atomic E-state index is 14.1. The molecule has 0 aliphatic rings. The molecule has 2 atom stereocenters. The minimum absolute atomic E-state index is 0.0847. The van der Waals surface area contributed by atoms with Gasteiger partial charge in [0.15, 0.2) is 5.69 Å². The normalized spacial score (nSPS) is 14.0. The Morgan fingerprint density at radius 1 is 1.30 bits per heavy atom. The van der Waals surface area contributed by atoms with Crippen molar-refractivity contribution in [2.75, 3.05) is 7.11 Å². The van der Waals surface area contributed by atoms with Gasteiger partial charge in [0.05, 0.1) is 19.2 Å². The fraction of sp³-hybridized carbons (Fsp3) is 0.550. The largest absolute Gasteiger partial charge is 0.467 e. The fourth-order valence-corrected chi connectivity index (χ4v) is 2.97. The smallest absolute Gasteiger partial charge is 0.328 e. The number of hydrogen-bond donors (Lipinski definition) is 1. The Kier molecular flexibility index (Phi) is 6.57. The van der Waals surface area contributed by atoms with Crippen molar-refractivity contribution < 1.29 is 18.7 Å². The molecule has 0 spiro atoms. The molecule has 27 heavy (non-hydrogen) atoms. The number of methoxy groups -OCH3 is 1. The van der Waals surface area contributed by atoms with E-state index in [0.717, 1.165) is 6.42 Å². The van der Waals surface area contributed by atoms with E-state index in [1.54, 1.807) is 18.2 Å². The molecule has 1 heterocycles. The molecule has 0 bridgehead atoms. The summed E-state index contributed by atoms with van der Waals surface area (Å²) < 4.78 is 20.5. The molecule has 1 aromatic heterocycles. The molecule has 0 fully saturated rings. The van der Waals surface area contributed by atoms with Crippen LogP contribution in [0.1, 0.15) is 51.0 Å². The lowest BCUT2D eigenvalue weighted by molar-refractivity contribution is -0.145. The number of alkyl halides is 1. The van der Waals surface area contributed by atoms with Crippen LogP contribution in [0.2, 0.25) is 0 Å². The summed E-state index contributed by atoms with van der Waals surface area (Å²) in [6.07, 6.45) is 0.135. The van der Waals surface area contributed by atoms with E-state index in [2.05, 4.69) is 10.4 Å². The van der Waals surface area contributed by atoms with Gasteiger partial charge in [0.2, 0.25) is 0 Å². The number of carbonyl (C=O) groups excluding carboxylic acids is 2. The van der Waals surface area contributed by atoms with Crippen molar-refractivity contribution in [3.05, 3.63) is 30.0 Å². The van der Waals surface area contributed by atoms with Gasteiger partial charge in [-0.2, -0.15) is 5.10 Å². The predicted octanol–water partition coefficient (Wildman–Crippen LogP) is 3.49. The van der Waals surface area contributed by atoms with Crippen LogP contribution in [-0.2, 0) is 16.1 Å². The number of hydrogen-bond acceptors (Lipinski definition) is 4. The number of carbonyl (C=O) groups is 2. The van der Waals surface area contributed by atoms with Crippen LogP contribution in [0.3, 0.4) is 0 Å². The van der Waals surface area contributed by atoms with E-state index >= 15 is 0 Å². The zero-order valence-electron chi connectivity index (χ0n) is 16.6. The minimum Gasteiger partial charge on any atom is -0.467 e. The number of halogens is 1. The highest BCUT2D eigenvalue weighted by atomic mass is 19.1. The Bertz CT molecular complexity index is 810. The lowest BCUT2D eigenvalue weighted by Gasteiger charge is -2.28. The highest BCUT2D eigenvalue weighted by molar-refractivity contribution is 6.06. The highest BCUT2D eigenvalue weighted by Gasteiger charge is 2.34. The molecule has 1 N–H and O–H groups in total. The van der Waals surface area contributed by atoms with E-state index in [9.17, 15) is 14.0 Å². The Labute approximate surface area is 159 Å². The molecular weight excluding hydrogens is 349 g/mol. The highest BCUT2D eigenvalue weighted by Crippen LogP contribution is 2.23. The van der Waals surface area contributed by atoms with Crippen molar-refractivity contribution in [3.63, 3.8) is 0 Å². The number of rotatable bonds is 7. The molecule has 148 valence electrons. The second kappa shape index (κ2) is 8.50. The number of benzene rings is 1. The van der Waals surface area contributed by atoms with Gasteiger partial charge in [0.25, 0.3) is 5.91 Å². The van der Waals surface area contributed by atoms with Crippen LogP contribution < -0.4 is 5.32 Å². The maximum absolute atomic E-state index is 14.1. The van der Waals surface area contributed by atoms with Gasteiger partial charge in [-0.05, 0) is 17.9 Å². The molecule has 0 aliphatic carbocycles. The van der Waals surface area contributed by atoms with E-state index < -0.39 is 29.5 Å². The molecule has 2 rings (SSSR count). The van der Waals surface area contributed by atoms with Gasteiger partial charge in [0.1, 0.15) is 12.2 Å². The quantitative estimate of drug-likeness (QED) is 0.750. The topological polar surface area (TPSA) is 73.2 Å². The molecule has 1 amide bonds. The number of aromatic nitrogens is 2. The summed E-state index contributed by atoms with van der Waals surface area (Å²) in [7, 11) is 1.28. The van der Waals surface area contributed by atoms with E-state index in [4.69, 9.17) is 4.74 Å². The third-order valence-electron chi connectivity index (χ3n) is 4.42. The van der Waals surface area contributed by atoms with Gasteiger partial charge < -0.3 is 10.1 Å². The van der Waals surface area contributed by atoms with Crippen LogP contribution in [0.4, 0.5) is 4.39 Å². The molecular formula is C20H28FN3O3. The number of fused-ring (bicyclic) bond motifs is 1.